The van der Waals surface area contributed by atoms with Gasteiger partial charge in [-0.25, -0.2) is 0 Å². The molecule has 22 heavy (non-hydrogen) atoms. The zero-order chi connectivity index (χ0) is 16.9. The summed E-state index contributed by atoms with van der Waals surface area (Å²) in [7, 11) is 0. The van der Waals surface area contributed by atoms with Gasteiger partial charge in [0.05, 0.1) is 25.1 Å². The van der Waals surface area contributed by atoms with Crippen molar-refractivity contribution in [2.45, 2.75) is 52.1 Å². The average molecular weight is 312 g/mol. The summed E-state index contributed by atoms with van der Waals surface area (Å²) < 4.78 is 0. The van der Waals surface area contributed by atoms with E-state index in [2.05, 4.69) is 32.2 Å². The van der Waals surface area contributed by atoms with Crippen LogP contribution >= 0.6 is 0 Å². The second-order valence-electron chi connectivity index (χ2n) is 7.12. The normalized spacial score (nSPS) is 19.7. The number of carboxylic acid groups (broad SMARTS) is 1. The molecule has 1 aliphatic carbocycles. The van der Waals surface area contributed by atoms with E-state index < -0.39 is 30.4 Å². The number of hydrogen-bond donors (Lipinski definition) is 4. The molecule has 0 aliphatic heterocycles. The lowest BCUT2D eigenvalue weighted by Gasteiger charge is -2.28. The van der Waals surface area contributed by atoms with Gasteiger partial charge in [-0.2, -0.15) is 0 Å². The van der Waals surface area contributed by atoms with Gasteiger partial charge in [-0.15, -0.1) is 0 Å². The lowest BCUT2D eigenvalue weighted by molar-refractivity contribution is -0.139. The fourth-order valence-corrected chi connectivity index (χ4v) is 2.59. The molecular formula is C16H28N2O4. The van der Waals surface area contributed by atoms with Crippen LogP contribution in [0.1, 0.15) is 40.0 Å². The Morgan fingerprint density at radius 3 is 2.32 bits per heavy atom. The second-order valence-corrected chi connectivity index (χ2v) is 7.12. The van der Waals surface area contributed by atoms with E-state index in [1.165, 1.54) is 12.8 Å². The average Bonchev–Trinajstić information content (AvgIpc) is 3.19. The van der Waals surface area contributed by atoms with Gasteiger partial charge in [0.15, 0.2) is 0 Å². The fourth-order valence-electron chi connectivity index (χ4n) is 2.59. The Morgan fingerprint density at radius 2 is 1.91 bits per heavy atom. The molecule has 1 amide bonds. The third-order valence-electron chi connectivity index (χ3n) is 3.94. The highest BCUT2D eigenvalue weighted by atomic mass is 16.4. The molecule has 0 aromatic rings. The Morgan fingerprint density at radius 1 is 1.32 bits per heavy atom. The Bertz CT molecular complexity index is 424. The van der Waals surface area contributed by atoms with Crippen LogP contribution in [-0.2, 0) is 9.59 Å². The number of nitrogens with one attached hydrogen (secondary N) is 1. The van der Waals surface area contributed by atoms with Crippen LogP contribution in [-0.4, -0.2) is 40.8 Å². The minimum atomic E-state index is -1.12. The molecule has 5 N–H and O–H groups in total. The number of carboxylic acids is 1. The minimum Gasteiger partial charge on any atom is -0.481 e. The zero-order valence-electron chi connectivity index (χ0n) is 13.6. The molecule has 0 saturated heterocycles. The van der Waals surface area contributed by atoms with Gasteiger partial charge in [-0.05, 0) is 30.1 Å². The number of allylic oxidation sites excluding steroid dienone is 1. The van der Waals surface area contributed by atoms with Crippen molar-refractivity contribution >= 4 is 11.9 Å². The predicted octanol–water partition coefficient (Wildman–Crippen LogP) is 0.894. The van der Waals surface area contributed by atoms with Crippen LogP contribution < -0.4 is 11.1 Å². The summed E-state index contributed by atoms with van der Waals surface area (Å²) in [5.74, 6) is -0.628. The number of nitrogens with two attached hydrogens (primary N) is 1. The predicted molar refractivity (Wildman–Crippen MR) is 84.1 cm³/mol. The van der Waals surface area contributed by atoms with E-state index in [-0.39, 0.29) is 12.0 Å². The number of carbonyl (C=O) groups excluding carboxylic acids is 1. The molecule has 0 bridgehead atoms. The number of rotatable bonds is 8. The molecule has 0 heterocycles. The highest BCUT2D eigenvalue weighted by Crippen LogP contribution is 2.46. The molecule has 6 nitrogen and oxygen atoms in total. The summed E-state index contributed by atoms with van der Waals surface area (Å²) in [6.45, 7) is 6.28. The first-order valence-corrected chi connectivity index (χ1v) is 7.72. The molecule has 2 unspecified atom stereocenters. The van der Waals surface area contributed by atoms with Crippen LogP contribution in [0.3, 0.4) is 0 Å². The van der Waals surface area contributed by atoms with Gasteiger partial charge >= 0.3 is 5.97 Å². The van der Waals surface area contributed by atoms with E-state index in [1.807, 2.05) is 0 Å². The third-order valence-corrected chi connectivity index (χ3v) is 3.94. The van der Waals surface area contributed by atoms with Crippen molar-refractivity contribution in [3.63, 3.8) is 0 Å². The van der Waals surface area contributed by atoms with Gasteiger partial charge in [-0.3, -0.25) is 9.59 Å². The molecule has 6 heteroatoms. The van der Waals surface area contributed by atoms with Gasteiger partial charge in [-0.1, -0.05) is 32.9 Å². The maximum absolute atomic E-state index is 11.8. The quantitative estimate of drug-likeness (QED) is 0.497. The molecule has 0 aromatic heterocycles. The van der Waals surface area contributed by atoms with Crippen LogP contribution in [0.15, 0.2) is 12.2 Å². The van der Waals surface area contributed by atoms with Crippen molar-refractivity contribution < 1.29 is 19.8 Å². The smallest absolute Gasteiger partial charge is 0.305 e. The van der Waals surface area contributed by atoms with Crippen LogP contribution in [0, 0.1) is 17.3 Å². The molecule has 0 aromatic carbocycles. The van der Waals surface area contributed by atoms with Gasteiger partial charge in [0, 0.05) is 0 Å². The van der Waals surface area contributed by atoms with E-state index >= 15 is 0 Å². The highest BCUT2D eigenvalue weighted by molar-refractivity contribution is 5.86. The van der Waals surface area contributed by atoms with E-state index in [9.17, 15) is 14.7 Å². The van der Waals surface area contributed by atoms with Crippen LogP contribution in [0.25, 0.3) is 0 Å². The Labute approximate surface area is 131 Å². The van der Waals surface area contributed by atoms with Crippen molar-refractivity contribution in [3.05, 3.63) is 12.2 Å². The largest absolute Gasteiger partial charge is 0.481 e. The number of hydrogen-bond acceptors (Lipinski definition) is 4. The second kappa shape index (κ2) is 7.74. The molecule has 0 spiro atoms. The first-order chi connectivity index (χ1) is 10.1. The van der Waals surface area contributed by atoms with Crippen LogP contribution in [0.5, 0.6) is 0 Å². The Hall–Kier alpha value is -1.40. The van der Waals surface area contributed by atoms with E-state index in [0.717, 1.165) is 0 Å². The van der Waals surface area contributed by atoms with E-state index in [1.54, 1.807) is 6.08 Å². The van der Waals surface area contributed by atoms with Gasteiger partial charge < -0.3 is 21.3 Å². The monoisotopic (exact) mass is 312 g/mol. The number of aliphatic hydroxyl groups is 1. The number of aliphatic carboxylic acids is 1. The summed E-state index contributed by atoms with van der Waals surface area (Å²) in [5.41, 5.74) is 5.63. The van der Waals surface area contributed by atoms with Gasteiger partial charge in [0.25, 0.3) is 0 Å². The zero-order valence-corrected chi connectivity index (χ0v) is 13.6. The first-order valence-electron chi connectivity index (χ1n) is 7.72. The summed E-state index contributed by atoms with van der Waals surface area (Å²) in [6, 6.07) is -1.65. The van der Waals surface area contributed by atoms with Crippen molar-refractivity contribution in [1.82, 2.24) is 5.32 Å². The SMILES string of the molecule is CC(C)(C)C(C=CC(CO)NC(=O)[C@@H](N)CC(=O)O)C1CC1. The van der Waals surface area contributed by atoms with E-state index in [0.29, 0.717) is 11.8 Å². The highest BCUT2D eigenvalue weighted by Gasteiger charge is 2.36. The maximum Gasteiger partial charge on any atom is 0.305 e. The summed E-state index contributed by atoms with van der Waals surface area (Å²) in [6.07, 6.45) is 5.85. The maximum atomic E-state index is 11.8. The van der Waals surface area contributed by atoms with Gasteiger partial charge in [0.2, 0.25) is 5.91 Å². The van der Waals surface area contributed by atoms with Gasteiger partial charge in [0.1, 0.15) is 0 Å². The summed E-state index contributed by atoms with van der Waals surface area (Å²) in [5, 5.41) is 20.6. The summed E-state index contributed by atoms with van der Waals surface area (Å²) >= 11 is 0. The minimum absolute atomic E-state index is 0.126. The molecule has 1 saturated carbocycles. The molecule has 0 radical (unpaired) electrons. The first kappa shape index (κ1) is 18.6. The van der Waals surface area contributed by atoms with Crippen LogP contribution in [0.4, 0.5) is 0 Å². The number of aliphatic hydroxyl groups excluding tert-OH is 1. The molecule has 1 fully saturated rings. The Kier molecular flexibility index (Phi) is 6.56. The van der Waals surface area contributed by atoms with E-state index in [4.69, 9.17) is 10.8 Å². The lowest BCUT2D eigenvalue weighted by Crippen LogP contribution is -2.47. The molecular weight excluding hydrogens is 284 g/mol. The number of carbonyl (C=O) groups is 2. The van der Waals surface area contributed by atoms with Crippen LogP contribution in [0.2, 0.25) is 0 Å². The number of amides is 1. The molecule has 1 rings (SSSR count). The summed E-state index contributed by atoms with van der Waals surface area (Å²) in [4.78, 5) is 22.3. The topological polar surface area (TPSA) is 113 Å². The molecule has 1 aliphatic rings. The standard InChI is InChI=1S/C16H28N2O4/c1-16(2,3)12(10-4-5-10)7-6-11(9-19)18-15(22)13(17)8-14(20)21/h6-7,10-13,19H,4-5,8-9,17H2,1-3H3,(H,18,22)(H,20,21)/t11?,12?,13-/m0/s1. The van der Waals surface area contributed by atoms with Crippen molar-refractivity contribution in [3.8, 4) is 0 Å². The Balaban J connectivity index is 2.61. The fraction of sp³-hybridized carbons (Fsp3) is 0.750. The van der Waals surface area contributed by atoms with Crippen molar-refractivity contribution in [2.24, 2.45) is 23.0 Å². The molecule has 126 valence electrons. The lowest BCUT2D eigenvalue weighted by atomic mass is 9.77. The van der Waals surface area contributed by atoms with Crippen molar-refractivity contribution in [1.29, 1.82) is 0 Å². The third kappa shape index (κ3) is 6.15. The van der Waals surface area contributed by atoms with Crippen molar-refractivity contribution in [2.75, 3.05) is 6.61 Å². The molecule has 3 atom stereocenters.